The summed E-state index contributed by atoms with van der Waals surface area (Å²) in [7, 11) is 0. The number of amides is 2. The van der Waals surface area contributed by atoms with Crippen LogP contribution in [0, 0.1) is 0 Å². The van der Waals surface area contributed by atoms with Crippen LogP contribution in [0.3, 0.4) is 0 Å². The van der Waals surface area contributed by atoms with Crippen LogP contribution >= 0.6 is 11.6 Å². The molecule has 0 radical (unpaired) electrons. The summed E-state index contributed by atoms with van der Waals surface area (Å²) >= 11 is 5.72. The second kappa shape index (κ2) is 4.78. The third kappa shape index (κ3) is 2.36. The molecule has 1 aromatic rings. The number of anilines is 1. The number of esters is 1. The fourth-order valence-corrected chi connectivity index (χ4v) is 1.92. The molecule has 1 atom stereocenters. The quantitative estimate of drug-likeness (QED) is 0.352. The van der Waals surface area contributed by atoms with Crippen molar-refractivity contribution in [1.29, 1.82) is 0 Å². The molecule has 1 aromatic carbocycles. The number of imide groups is 1. The molecule has 1 saturated heterocycles. The van der Waals surface area contributed by atoms with Gasteiger partial charge in [0.1, 0.15) is 11.1 Å². The Bertz CT molecular complexity index is 511. The molecule has 1 aliphatic rings. The summed E-state index contributed by atoms with van der Waals surface area (Å²) < 4.78 is 4.85. The Morgan fingerprint density at radius 1 is 1.33 bits per heavy atom. The standard InChI is InChI=1S/C12H10ClNO4/c1-7(15)18-9-4-2-8(3-5-9)14-11(16)6-10(13)12(14)17/h2-5,10H,6H2,1H3. The van der Waals surface area contributed by atoms with Gasteiger partial charge in [0, 0.05) is 6.92 Å². The highest BCUT2D eigenvalue weighted by atomic mass is 35.5. The fourth-order valence-electron chi connectivity index (χ4n) is 1.70. The first-order valence-electron chi connectivity index (χ1n) is 5.28. The van der Waals surface area contributed by atoms with E-state index in [0.29, 0.717) is 11.4 Å². The number of benzene rings is 1. The Morgan fingerprint density at radius 3 is 2.39 bits per heavy atom. The van der Waals surface area contributed by atoms with Crippen LogP contribution < -0.4 is 9.64 Å². The van der Waals surface area contributed by atoms with E-state index in [1.54, 1.807) is 0 Å². The average molecular weight is 268 g/mol. The summed E-state index contributed by atoms with van der Waals surface area (Å²) in [4.78, 5) is 35.0. The Kier molecular flexibility index (Phi) is 3.34. The van der Waals surface area contributed by atoms with Crippen molar-refractivity contribution >= 4 is 35.1 Å². The van der Waals surface area contributed by atoms with Crippen LogP contribution in [0.15, 0.2) is 24.3 Å². The van der Waals surface area contributed by atoms with E-state index < -0.39 is 17.3 Å². The van der Waals surface area contributed by atoms with Gasteiger partial charge in [0.2, 0.25) is 5.91 Å². The van der Waals surface area contributed by atoms with Crippen LogP contribution in [0.5, 0.6) is 5.75 Å². The van der Waals surface area contributed by atoms with Crippen molar-refractivity contribution in [3.63, 3.8) is 0 Å². The molecule has 1 heterocycles. The number of nitrogens with zero attached hydrogens (tertiary/aromatic N) is 1. The van der Waals surface area contributed by atoms with Crippen molar-refractivity contribution in [2.75, 3.05) is 4.90 Å². The highest BCUT2D eigenvalue weighted by molar-refractivity contribution is 6.40. The second-order valence-electron chi connectivity index (χ2n) is 3.83. The van der Waals surface area contributed by atoms with E-state index in [1.165, 1.54) is 31.2 Å². The second-order valence-corrected chi connectivity index (χ2v) is 4.35. The first-order chi connectivity index (χ1) is 8.49. The number of alkyl halides is 1. The maximum absolute atomic E-state index is 11.7. The van der Waals surface area contributed by atoms with Crippen LogP contribution in [0.1, 0.15) is 13.3 Å². The molecule has 1 unspecified atom stereocenters. The topological polar surface area (TPSA) is 63.7 Å². The molecule has 94 valence electrons. The average Bonchev–Trinajstić information content (AvgIpc) is 2.54. The molecule has 0 N–H and O–H groups in total. The normalized spacial score (nSPS) is 19.2. The molecule has 0 bridgehead atoms. The van der Waals surface area contributed by atoms with Crippen LogP contribution in [0.25, 0.3) is 0 Å². The van der Waals surface area contributed by atoms with Crippen LogP contribution in [-0.2, 0) is 14.4 Å². The van der Waals surface area contributed by atoms with E-state index in [4.69, 9.17) is 16.3 Å². The van der Waals surface area contributed by atoms with E-state index in [2.05, 4.69) is 0 Å². The molecule has 0 aromatic heterocycles. The van der Waals surface area contributed by atoms with Gasteiger partial charge in [-0.25, -0.2) is 4.90 Å². The molecule has 0 aliphatic carbocycles. The van der Waals surface area contributed by atoms with Gasteiger partial charge in [-0.2, -0.15) is 0 Å². The Morgan fingerprint density at radius 2 is 1.94 bits per heavy atom. The molecule has 1 fully saturated rings. The summed E-state index contributed by atoms with van der Waals surface area (Å²) in [6.07, 6.45) is 0.00604. The van der Waals surface area contributed by atoms with Crippen LogP contribution in [-0.4, -0.2) is 23.2 Å². The molecule has 0 saturated carbocycles. The minimum Gasteiger partial charge on any atom is -0.427 e. The van der Waals surface area contributed by atoms with Gasteiger partial charge in [-0.1, -0.05) is 0 Å². The van der Waals surface area contributed by atoms with E-state index in [-0.39, 0.29) is 12.3 Å². The van der Waals surface area contributed by atoms with Gasteiger partial charge in [0.05, 0.1) is 12.1 Å². The van der Waals surface area contributed by atoms with Gasteiger partial charge < -0.3 is 4.74 Å². The van der Waals surface area contributed by atoms with Gasteiger partial charge in [-0.3, -0.25) is 14.4 Å². The largest absolute Gasteiger partial charge is 0.427 e. The number of carbonyl (C=O) groups is 3. The zero-order valence-corrected chi connectivity index (χ0v) is 10.3. The summed E-state index contributed by atoms with van der Waals surface area (Å²) in [5.41, 5.74) is 0.420. The zero-order chi connectivity index (χ0) is 13.3. The summed E-state index contributed by atoms with van der Waals surface area (Å²) in [5, 5.41) is -0.800. The number of halogens is 1. The van der Waals surface area contributed by atoms with E-state index >= 15 is 0 Å². The molecule has 2 rings (SSSR count). The molecule has 18 heavy (non-hydrogen) atoms. The molecule has 1 aliphatic heterocycles. The molecule has 0 spiro atoms. The zero-order valence-electron chi connectivity index (χ0n) is 9.55. The monoisotopic (exact) mass is 267 g/mol. The van der Waals surface area contributed by atoms with Crippen molar-refractivity contribution in [2.24, 2.45) is 0 Å². The van der Waals surface area contributed by atoms with Crippen LogP contribution in [0.2, 0.25) is 0 Å². The maximum Gasteiger partial charge on any atom is 0.308 e. The number of ether oxygens (including phenoxy) is 1. The van der Waals surface area contributed by atoms with Gasteiger partial charge in [-0.05, 0) is 24.3 Å². The number of hydrogen-bond donors (Lipinski definition) is 0. The minimum atomic E-state index is -0.800. The SMILES string of the molecule is CC(=O)Oc1ccc(N2C(=O)CC(Cl)C2=O)cc1. The van der Waals surface area contributed by atoms with Crippen molar-refractivity contribution in [2.45, 2.75) is 18.7 Å². The van der Waals surface area contributed by atoms with E-state index in [9.17, 15) is 14.4 Å². The van der Waals surface area contributed by atoms with Gasteiger partial charge in [-0.15, -0.1) is 11.6 Å². The summed E-state index contributed by atoms with van der Waals surface area (Å²) in [6.45, 7) is 1.29. The van der Waals surface area contributed by atoms with Crippen molar-refractivity contribution in [3.8, 4) is 5.75 Å². The lowest BCUT2D eigenvalue weighted by Crippen LogP contribution is -2.30. The molecule has 6 heteroatoms. The molecule has 2 amide bonds. The van der Waals surface area contributed by atoms with Crippen molar-refractivity contribution < 1.29 is 19.1 Å². The summed E-state index contributed by atoms with van der Waals surface area (Å²) in [6, 6.07) is 6.09. The Labute approximate surface area is 108 Å². The number of rotatable bonds is 2. The maximum atomic E-state index is 11.7. The third-order valence-electron chi connectivity index (χ3n) is 2.45. The minimum absolute atomic E-state index is 0.00604. The highest BCUT2D eigenvalue weighted by Crippen LogP contribution is 2.27. The smallest absolute Gasteiger partial charge is 0.308 e. The van der Waals surface area contributed by atoms with Gasteiger partial charge in [0.15, 0.2) is 0 Å². The third-order valence-corrected chi connectivity index (χ3v) is 2.79. The van der Waals surface area contributed by atoms with E-state index in [0.717, 1.165) is 4.90 Å². The molecule has 5 nitrogen and oxygen atoms in total. The van der Waals surface area contributed by atoms with Crippen molar-refractivity contribution in [1.82, 2.24) is 0 Å². The highest BCUT2D eigenvalue weighted by Gasteiger charge is 2.38. The fraction of sp³-hybridized carbons (Fsp3) is 0.250. The predicted octanol–water partition coefficient (Wildman–Crippen LogP) is 1.48. The predicted molar refractivity (Wildman–Crippen MR) is 64.5 cm³/mol. The number of carbonyl (C=O) groups excluding carboxylic acids is 3. The van der Waals surface area contributed by atoms with Gasteiger partial charge >= 0.3 is 5.97 Å². The Balaban J connectivity index is 2.22. The first kappa shape index (κ1) is 12.6. The lowest BCUT2D eigenvalue weighted by molar-refractivity contribution is -0.132. The van der Waals surface area contributed by atoms with E-state index in [1.807, 2.05) is 0 Å². The summed E-state index contributed by atoms with van der Waals surface area (Å²) in [5.74, 6) is -0.841. The van der Waals surface area contributed by atoms with Gasteiger partial charge in [0.25, 0.3) is 5.91 Å². The lowest BCUT2D eigenvalue weighted by Gasteiger charge is -2.14. The lowest BCUT2D eigenvalue weighted by atomic mass is 10.3. The Hall–Kier alpha value is -1.88. The first-order valence-corrected chi connectivity index (χ1v) is 5.72. The molecular weight excluding hydrogens is 258 g/mol. The van der Waals surface area contributed by atoms with Crippen LogP contribution in [0.4, 0.5) is 5.69 Å². The molecular formula is C12H10ClNO4. The number of hydrogen-bond acceptors (Lipinski definition) is 4. The van der Waals surface area contributed by atoms with Crippen molar-refractivity contribution in [3.05, 3.63) is 24.3 Å².